The number of amides is 1. The van der Waals surface area contributed by atoms with Crippen LogP contribution in [0, 0.1) is 0 Å². The van der Waals surface area contributed by atoms with Gasteiger partial charge in [0.2, 0.25) is 10.0 Å². The molecule has 4 aromatic heterocycles. The van der Waals surface area contributed by atoms with Gasteiger partial charge in [0, 0.05) is 120 Å². The first kappa shape index (κ1) is 47.1. The zero-order valence-electron chi connectivity index (χ0n) is 39.0. The Morgan fingerprint density at radius 2 is 1.00 bits per heavy atom. The summed E-state index contributed by atoms with van der Waals surface area (Å²) in [5.41, 5.74) is 12.4. The molecule has 0 radical (unpaired) electrons. The van der Waals surface area contributed by atoms with Gasteiger partial charge < -0.3 is 28.7 Å². The Labute approximate surface area is 412 Å². The molecule has 0 bridgehead atoms. The highest BCUT2D eigenvalue weighted by Gasteiger charge is 2.44. The lowest BCUT2D eigenvalue weighted by Crippen LogP contribution is -2.35. The van der Waals surface area contributed by atoms with Crippen LogP contribution in [0.5, 0.6) is 0 Å². The van der Waals surface area contributed by atoms with Crippen LogP contribution in [0.3, 0.4) is 0 Å². The molecule has 11 heteroatoms. The summed E-state index contributed by atoms with van der Waals surface area (Å²) in [6.07, 6.45) is 13.2. The number of rotatable bonds is 6. The molecular weight excluding hydrogens is 889 g/mol. The molecule has 2 saturated heterocycles. The molecule has 0 aliphatic carbocycles. The zero-order valence-corrected chi connectivity index (χ0v) is 39.8. The van der Waals surface area contributed by atoms with E-state index in [2.05, 4.69) is 123 Å². The number of sulfonamides is 1. The van der Waals surface area contributed by atoms with E-state index in [1.165, 1.54) is 72.4 Å². The number of fused-ring (bicyclic) bond motifs is 2. The van der Waals surface area contributed by atoms with Gasteiger partial charge >= 0.3 is 6.09 Å². The Balaban J connectivity index is 0.000000158. The predicted octanol–water partition coefficient (Wildman–Crippen LogP) is 13.1. The summed E-state index contributed by atoms with van der Waals surface area (Å²) in [5, 5.41) is 5.03. The Kier molecular flexibility index (Phi) is 12.3. The van der Waals surface area contributed by atoms with Gasteiger partial charge in [0.1, 0.15) is 5.60 Å². The summed E-state index contributed by atoms with van der Waals surface area (Å²) < 4.78 is 39.7. The lowest BCUT2D eigenvalue weighted by atomic mass is 9.83. The van der Waals surface area contributed by atoms with Crippen LogP contribution in [0.4, 0.5) is 4.79 Å². The van der Waals surface area contributed by atoms with Gasteiger partial charge in [-0.3, -0.25) is 0 Å². The molecule has 1 amide bonds. The van der Waals surface area contributed by atoms with E-state index in [9.17, 15) is 13.2 Å². The molecule has 4 atom stereocenters. The molecule has 70 heavy (non-hydrogen) atoms. The number of aryl methyl sites for hydroxylation is 4. The van der Waals surface area contributed by atoms with Crippen LogP contribution in [0.15, 0.2) is 145 Å². The van der Waals surface area contributed by atoms with E-state index in [1.807, 2.05) is 37.8 Å². The maximum atomic E-state index is 13.7. The maximum absolute atomic E-state index is 13.7. The average molecular weight is 955 g/mol. The number of hydrogen-bond donors (Lipinski definition) is 2. The number of nitrogens with zero attached hydrogens (tertiary/aromatic N) is 4. The van der Waals surface area contributed by atoms with E-state index in [0.717, 1.165) is 43.4 Å². The van der Waals surface area contributed by atoms with Crippen LogP contribution in [-0.4, -0.2) is 74.6 Å². The van der Waals surface area contributed by atoms with Crippen molar-refractivity contribution in [1.29, 1.82) is 0 Å². The number of ether oxygens (including phenoxy) is 1. The minimum atomic E-state index is -3.59. The van der Waals surface area contributed by atoms with E-state index in [4.69, 9.17) is 4.74 Å². The number of aromatic nitrogens is 4. The first-order valence-electron chi connectivity index (χ1n) is 24.4. The molecule has 0 spiro atoms. The van der Waals surface area contributed by atoms with Crippen LogP contribution in [0.2, 0.25) is 0 Å². The number of nitrogens with one attached hydrogen (secondary N) is 2. The summed E-state index contributed by atoms with van der Waals surface area (Å²) >= 11 is 0. The maximum Gasteiger partial charge on any atom is 0.410 e. The van der Waals surface area contributed by atoms with Gasteiger partial charge in [0.05, 0.1) is 15.9 Å². The minimum Gasteiger partial charge on any atom is -0.444 e. The normalized spacial score (nSPS) is 20.1. The van der Waals surface area contributed by atoms with Gasteiger partial charge in [-0.1, -0.05) is 106 Å². The van der Waals surface area contributed by atoms with Crippen molar-refractivity contribution in [2.45, 2.75) is 109 Å². The van der Waals surface area contributed by atoms with Gasteiger partial charge in [-0.15, -0.1) is 0 Å². The fourth-order valence-corrected chi connectivity index (χ4v) is 13.7. The SMILES string of the molecule is C.C.CC(C)(C)OC(=O)N1C[C@@H](c2c[nH]c3ccccc23)[C@H](c2cn3c4c(cccc24)CCC3)C1.O=S(=O)(c1ccccc1)N1C[C@@H](c2c[nH]c3ccccc23)[C@H](c2cn3c4c(cccc24)CCC3)C1. The fourth-order valence-electron chi connectivity index (χ4n) is 12.2. The molecule has 0 saturated carbocycles. The van der Waals surface area contributed by atoms with Crippen LogP contribution in [0.1, 0.15) is 106 Å². The molecule has 4 aliphatic heterocycles. The molecule has 13 rings (SSSR count). The largest absolute Gasteiger partial charge is 0.444 e. The third-order valence-corrected chi connectivity index (χ3v) is 17.0. The van der Waals surface area contributed by atoms with Crippen molar-refractivity contribution >= 4 is 59.7 Å². The van der Waals surface area contributed by atoms with E-state index in [-0.39, 0.29) is 44.6 Å². The third-order valence-electron chi connectivity index (χ3n) is 15.2. The molecular formula is C59H66N6O4S. The lowest BCUT2D eigenvalue weighted by molar-refractivity contribution is 0.0290. The quantitative estimate of drug-likeness (QED) is 0.173. The topological polar surface area (TPSA) is 108 Å². The molecule has 9 aromatic rings. The van der Waals surface area contributed by atoms with E-state index in [1.54, 1.807) is 28.6 Å². The summed E-state index contributed by atoms with van der Waals surface area (Å²) in [7, 11) is -3.59. The minimum absolute atomic E-state index is 0. The van der Waals surface area contributed by atoms with Crippen molar-refractivity contribution in [3.8, 4) is 0 Å². The van der Waals surface area contributed by atoms with Gasteiger partial charge in [-0.05, 0) is 104 Å². The van der Waals surface area contributed by atoms with Crippen LogP contribution < -0.4 is 0 Å². The predicted molar refractivity (Wildman–Crippen MR) is 285 cm³/mol. The first-order valence-corrected chi connectivity index (χ1v) is 25.8. The van der Waals surface area contributed by atoms with Gasteiger partial charge in [0.25, 0.3) is 0 Å². The second-order valence-corrected chi connectivity index (χ2v) is 22.4. The summed E-state index contributed by atoms with van der Waals surface area (Å²) in [5.74, 6) is 0.559. The van der Waals surface area contributed by atoms with E-state index >= 15 is 0 Å². The Hall–Kier alpha value is -6.56. The second-order valence-electron chi connectivity index (χ2n) is 20.4. The molecule has 2 fully saturated rings. The highest BCUT2D eigenvalue weighted by atomic mass is 32.2. The van der Waals surface area contributed by atoms with Crippen molar-refractivity contribution in [2.75, 3.05) is 26.2 Å². The standard InChI is InChI=1S/C29H27N3O2S.C28H31N3O2.2CH4/c33-35(34,21-10-2-1-3-11-21)32-18-26(24-16-30-28-14-5-4-12-22(24)28)27(19-32)25-17-31-15-7-9-20-8-6-13-23(25)29(20)31;1-28(2,3)33-27(32)31-16-23(21-14-29-25-12-5-4-10-19(21)25)24(17-31)22-15-30-13-7-9-18-8-6-11-20(22)26(18)30;;/h1-6,8,10-14,16-17,26-27,30H,7,9,15,18-19H2;4-6,8,10-12,14-15,23-24,29H,7,9,13,16-17H2,1-3H3;2*1H4/t26-,27-;23-,24-;;/m00../s1. The Morgan fingerprint density at radius 3 is 1.51 bits per heavy atom. The Morgan fingerprint density at radius 1 is 0.557 bits per heavy atom. The van der Waals surface area contributed by atoms with Crippen LogP contribution >= 0.6 is 0 Å². The van der Waals surface area contributed by atoms with Crippen molar-refractivity contribution in [1.82, 2.24) is 28.3 Å². The average Bonchev–Trinajstić information content (AvgIpc) is 4.22. The molecule has 10 nitrogen and oxygen atoms in total. The number of aromatic amines is 2. The number of hydrogen-bond acceptors (Lipinski definition) is 4. The number of carbonyl (C=O) groups is 1. The van der Waals surface area contributed by atoms with Crippen molar-refractivity contribution in [2.24, 2.45) is 0 Å². The number of H-pyrrole nitrogens is 2. The van der Waals surface area contributed by atoms with Crippen molar-refractivity contribution < 1.29 is 17.9 Å². The number of benzene rings is 5. The number of para-hydroxylation sites is 4. The summed E-state index contributed by atoms with van der Waals surface area (Å²) in [4.78, 5) is 22.2. The molecule has 4 aliphatic rings. The van der Waals surface area contributed by atoms with Gasteiger partial charge in [0.15, 0.2) is 0 Å². The first-order chi connectivity index (χ1) is 33.0. The second kappa shape index (κ2) is 18.3. The van der Waals surface area contributed by atoms with Gasteiger partial charge in [-0.25, -0.2) is 13.2 Å². The molecule has 362 valence electrons. The lowest BCUT2D eigenvalue weighted by Gasteiger charge is -2.24. The number of likely N-dealkylation sites (tertiary alicyclic amines) is 1. The van der Waals surface area contributed by atoms with Crippen LogP contribution in [-0.2, 0) is 40.7 Å². The van der Waals surface area contributed by atoms with Gasteiger partial charge in [-0.2, -0.15) is 4.31 Å². The van der Waals surface area contributed by atoms with Crippen LogP contribution in [0.25, 0.3) is 43.6 Å². The fraction of sp³-hybridized carbons (Fsp3) is 0.339. The highest BCUT2D eigenvalue weighted by Crippen LogP contribution is 2.48. The molecule has 8 heterocycles. The smallest absolute Gasteiger partial charge is 0.410 e. The van der Waals surface area contributed by atoms with E-state index in [0.29, 0.717) is 31.1 Å². The molecule has 5 aromatic carbocycles. The third kappa shape index (κ3) is 8.10. The summed E-state index contributed by atoms with van der Waals surface area (Å²) in [6, 6.07) is 38.9. The molecule has 0 unspecified atom stereocenters. The summed E-state index contributed by atoms with van der Waals surface area (Å²) in [6.45, 7) is 10.1. The highest BCUT2D eigenvalue weighted by molar-refractivity contribution is 7.89. The number of carbonyl (C=O) groups excluding carboxylic acids is 1. The monoisotopic (exact) mass is 954 g/mol. The van der Waals surface area contributed by atoms with Crippen molar-refractivity contribution in [3.63, 3.8) is 0 Å². The Bertz CT molecular complexity index is 3480. The van der Waals surface area contributed by atoms with E-state index < -0.39 is 15.6 Å². The molecule has 2 N–H and O–H groups in total. The van der Waals surface area contributed by atoms with Crippen molar-refractivity contribution in [3.05, 3.63) is 173 Å². The zero-order chi connectivity index (χ0) is 46.3.